The van der Waals surface area contributed by atoms with Crippen molar-refractivity contribution in [3.05, 3.63) is 34.6 Å². The molecule has 1 fully saturated rings. The number of hydrogen-bond acceptors (Lipinski definition) is 3. The first kappa shape index (κ1) is 14.7. The van der Waals surface area contributed by atoms with Crippen LogP contribution in [0.3, 0.4) is 0 Å². The summed E-state index contributed by atoms with van der Waals surface area (Å²) in [5.74, 6) is -0.269. The molecule has 2 unspecified atom stereocenters. The van der Waals surface area contributed by atoms with Gasteiger partial charge >= 0.3 is 0 Å². The van der Waals surface area contributed by atoms with E-state index in [9.17, 15) is 4.39 Å². The van der Waals surface area contributed by atoms with Gasteiger partial charge in [-0.15, -0.1) is 0 Å². The largest absolute Gasteiger partial charge is 0.329 e. The number of hydrogen-bond donors (Lipinski definition) is 1. The molecule has 106 valence electrons. The van der Waals surface area contributed by atoms with Gasteiger partial charge in [0.05, 0.1) is 6.04 Å². The first-order chi connectivity index (χ1) is 9.04. The molecule has 0 spiro atoms. The van der Waals surface area contributed by atoms with Gasteiger partial charge in [-0.25, -0.2) is 4.39 Å². The quantitative estimate of drug-likeness (QED) is 0.923. The molecule has 1 aromatic carbocycles. The van der Waals surface area contributed by atoms with E-state index in [1.165, 1.54) is 6.07 Å². The Labute approximate surface area is 119 Å². The molecule has 0 saturated carbocycles. The molecule has 0 radical (unpaired) electrons. The summed E-state index contributed by atoms with van der Waals surface area (Å²) in [5.41, 5.74) is 6.42. The predicted molar refractivity (Wildman–Crippen MR) is 76.9 cm³/mol. The van der Waals surface area contributed by atoms with E-state index in [0.717, 1.165) is 19.6 Å². The van der Waals surface area contributed by atoms with E-state index in [1.807, 2.05) is 0 Å². The van der Waals surface area contributed by atoms with E-state index in [-0.39, 0.29) is 11.9 Å². The van der Waals surface area contributed by atoms with Crippen LogP contribution in [0.1, 0.15) is 18.5 Å². The van der Waals surface area contributed by atoms with Gasteiger partial charge in [0.1, 0.15) is 5.82 Å². The summed E-state index contributed by atoms with van der Waals surface area (Å²) in [6.07, 6.45) is 0. The van der Waals surface area contributed by atoms with Crippen LogP contribution < -0.4 is 5.73 Å². The summed E-state index contributed by atoms with van der Waals surface area (Å²) < 4.78 is 14.1. The molecular weight excluding hydrogens is 265 g/mol. The van der Waals surface area contributed by atoms with Gasteiger partial charge in [0, 0.05) is 42.8 Å². The number of nitrogens with zero attached hydrogens (tertiary/aromatic N) is 2. The van der Waals surface area contributed by atoms with Crippen LogP contribution in [-0.4, -0.2) is 49.1 Å². The zero-order chi connectivity index (χ0) is 14.0. The SMILES string of the molecule is CC1CN(C)CCN1C(CN)c1c(F)cccc1Cl. The van der Waals surface area contributed by atoms with Crippen LogP contribution >= 0.6 is 11.6 Å². The highest BCUT2D eigenvalue weighted by Crippen LogP contribution is 2.31. The molecule has 2 atom stereocenters. The zero-order valence-corrected chi connectivity index (χ0v) is 12.2. The first-order valence-electron chi connectivity index (χ1n) is 6.63. The second kappa shape index (κ2) is 6.18. The van der Waals surface area contributed by atoms with E-state index < -0.39 is 0 Å². The second-order valence-corrected chi connectivity index (χ2v) is 5.64. The lowest BCUT2D eigenvalue weighted by Crippen LogP contribution is -2.53. The van der Waals surface area contributed by atoms with Crippen LogP contribution in [0.15, 0.2) is 18.2 Å². The highest BCUT2D eigenvalue weighted by atomic mass is 35.5. The molecule has 0 bridgehead atoms. The molecule has 2 rings (SSSR count). The van der Waals surface area contributed by atoms with Crippen molar-refractivity contribution >= 4 is 11.6 Å². The lowest BCUT2D eigenvalue weighted by molar-refractivity contribution is 0.0623. The molecule has 1 aliphatic rings. The lowest BCUT2D eigenvalue weighted by atomic mass is 10.0. The highest BCUT2D eigenvalue weighted by Gasteiger charge is 2.30. The minimum Gasteiger partial charge on any atom is -0.329 e. The standard InChI is InChI=1S/C14H21ClFN3/c1-10-9-18(2)6-7-19(10)13(8-17)14-11(15)4-3-5-12(14)16/h3-5,10,13H,6-9,17H2,1-2H3. The molecule has 3 nitrogen and oxygen atoms in total. The number of nitrogens with two attached hydrogens (primary N) is 1. The topological polar surface area (TPSA) is 32.5 Å². The third kappa shape index (κ3) is 3.08. The van der Waals surface area contributed by atoms with Crippen LogP contribution in [0.4, 0.5) is 4.39 Å². The molecule has 1 saturated heterocycles. The molecule has 1 heterocycles. The minimum atomic E-state index is -0.269. The van der Waals surface area contributed by atoms with Crippen molar-refractivity contribution in [3.8, 4) is 0 Å². The Morgan fingerprint density at radius 3 is 2.79 bits per heavy atom. The van der Waals surface area contributed by atoms with Gasteiger partial charge < -0.3 is 10.6 Å². The third-order valence-corrected chi connectivity index (χ3v) is 4.17. The Balaban J connectivity index is 2.29. The van der Waals surface area contributed by atoms with E-state index in [0.29, 0.717) is 23.2 Å². The number of rotatable bonds is 3. The predicted octanol–water partition coefficient (Wildman–Crippen LogP) is 2.11. The van der Waals surface area contributed by atoms with Crippen molar-refractivity contribution < 1.29 is 4.39 Å². The van der Waals surface area contributed by atoms with Crippen molar-refractivity contribution in [2.45, 2.75) is 19.0 Å². The van der Waals surface area contributed by atoms with E-state index in [2.05, 4.69) is 23.8 Å². The Bertz CT molecular complexity index is 420. The van der Waals surface area contributed by atoms with Crippen molar-refractivity contribution in [1.29, 1.82) is 0 Å². The smallest absolute Gasteiger partial charge is 0.129 e. The molecule has 19 heavy (non-hydrogen) atoms. The average molecular weight is 286 g/mol. The minimum absolute atomic E-state index is 0.155. The summed E-state index contributed by atoms with van der Waals surface area (Å²) in [4.78, 5) is 4.53. The van der Waals surface area contributed by atoms with E-state index >= 15 is 0 Å². The van der Waals surface area contributed by atoms with Gasteiger partial charge in [0.2, 0.25) is 0 Å². The molecule has 5 heteroatoms. The van der Waals surface area contributed by atoms with Gasteiger partial charge in [-0.1, -0.05) is 17.7 Å². The van der Waals surface area contributed by atoms with Crippen LogP contribution in [0.25, 0.3) is 0 Å². The summed E-state index contributed by atoms with van der Waals surface area (Å²) in [7, 11) is 2.10. The van der Waals surface area contributed by atoms with Crippen LogP contribution in [-0.2, 0) is 0 Å². The maximum absolute atomic E-state index is 14.1. The fourth-order valence-electron chi connectivity index (χ4n) is 2.86. The van der Waals surface area contributed by atoms with E-state index in [1.54, 1.807) is 12.1 Å². The molecular formula is C14H21ClFN3. The van der Waals surface area contributed by atoms with Crippen molar-refractivity contribution in [2.75, 3.05) is 33.2 Å². The summed E-state index contributed by atoms with van der Waals surface area (Å²) >= 11 is 6.17. The summed E-state index contributed by atoms with van der Waals surface area (Å²) in [5, 5.41) is 0.460. The maximum Gasteiger partial charge on any atom is 0.129 e. The Hall–Kier alpha value is -0.680. The van der Waals surface area contributed by atoms with Gasteiger partial charge in [-0.2, -0.15) is 0 Å². The molecule has 0 aromatic heterocycles. The molecule has 0 amide bonds. The maximum atomic E-state index is 14.1. The van der Waals surface area contributed by atoms with Gasteiger partial charge in [-0.05, 0) is 26.1 Å². The number of benzene rings is 1. The third-order valence-electron chi connectivity index (χ3n) is 3.84. The zero-order valence-electron chi connectivity index (χ0n) is 11.4. The fraction of sp³-hybridized carbons (Fsp3) is 0.571. The Morgan fingerprint density at radius 1 is 1.47 bits per heavy atom. The molecule has 1 aliphatic heterocycles. The molecule has 1 aromatic rings. The van der Waals surface area contributed by atoms with E-state index in [4.69, 9.17) is 17.3 Å². The van der Waals surface area contributed by atoms with Crippen molar-refractivity contribution in [1.82, 2.24) is 9.80 Å². The lowest BCUT2D eigenvalue weighted by Gasteiger charge is -2.43. The first-order valence-corrected chi connectivity index (χ1v) is 7.00. The Kier molecular flexibility index (Phi) is 4.79. The van der Waals surface area contributed by atoms with Crippen LogP contribution in [0.2, 0.25) is 5.02 Å². The van der Waals surface area contributed by atoms with Crippen LogP contribution in [0.5, 0.6) is 0 Å². The Morgan fingerprint density at radius 2 is 2.21 bits per heavy atom. The van der Waals surface area contributed by atoms with Crippen molar-refractivity contribution in [2.24, 2.45) is 5.73 Å². The highest BCUT2D eigenvalue weighted by molar-refractivity contribution is 6.31. The average Bonchev–Trinajstić information content (AvgIpc) is 2.35. The normalized spacial score (nSPS) is 23.5. The molecule has 0 aliphatic carbocycles. The number of halogens is 2. The van der Waals surface area contributed by atoms with Gasteiger partial charge in [0.15, 0.2) is 0 Å². The number of likely N-dealkylation sites (N-methyl/N-ethyl adjacent to an activating group) is 1. The van der Waals surface area contributed by atoms with Gasteiger partial charge in [0.25, 0.3) is 0 Å². The second-order valence-electron chi connectivity index (χ2n) is 5.24. The number of piperazine rings is 1. The summed E-state index contributed by atoms with van der Waals surface area (Å²) in [6.45, 7) is 5.32. The fourth-order valence-corrected chi connectivity index (χ4v) is 3.15. The van der Waals surface area contributed by atoms with Gasteiger partial charge in [-0.3, -0.25) is 4.90 Å². The monoisotopic (exact) mass is 285 g/mol. The van der Waals surface area contributed by atoms with Crippen molar-refractivity contribution in [3.63, 3.8) is 0 Å². The summed E-state index contributed by atoms with van der Waals surface area (Å²) in [6, 6.07) is 4.98. The molecule has 2 N–H and O–H groups in total. The van der Waals surface area contributed by atoms with Crippen LogP contribution in [0, 0.1) is 5.82 Å².